The second-order valence-corrected chi connectivity index (χ2v) is 4.60. The van der Waals surface area contributed by atoms with Crippen LogP contribution in [0, 0.1) is 29.2 Å². The second kappa shape index (κ2) is 5.71. The van der Waals surface area contributed by atoms with Crippen molar-refractivity contribution in [1.29, 1.82) is 0 Å². The van der Waals surface area contributed by atoms with Crippen molar-refractivity contribution in [2.45, 2.75) is 6.42 Å². The number of methoxy groups -OCH3 is 1. The molecule has 1 aromatic rings. The molecule has 1 saturated heterocycles. The molecule has 1 fully saturated rings. The van der Waals surface area contributed by atoms with Crippen LogP contribution in [0.15, 0.2) is 6.07 Å². The number of amides is 1. The summed E-state index contributed by atoms with van der Waals surface area (Å²) < 4.78 is 57.8. The topological polar surface area (TPSA) is 46.6 Å². The quantitative estimate of drug-likeness (QED) is 0.476. The minimum Gasteiger partial charge on any atom is -0.469 e. The van der Waals surface area contributed by atoms with E-state index in [1.807, 2.05) is 0 Å². The lowest BCUT2D eigenvalue weighted by atomic mass is 10.1. The Hall–Kier alpha value is -2.12. The molecule has 1 unspecified atom stereocenters. The predicted octanol–water partition coefficient (Wildman–Crippen LogP) is 1.88. The fraction of sp³-hybridized carbons (Fsp3) is 0.385. The van der Waals surface area contributed by atoms with Crippen molar-refractivity contribution < 1.29 is 31.9 Å². The first-order valence-electron chi connectivity index (χ1n) is 6.07. The van der Waals surface area contributed by atoms with E-state index in [1.165, 1.54) is 7.11 Å². The molecule has 1 heterocycles. The van der Waals surface area contributed by atoms with Gasteiger partial charge in [0, 0.05) is 19.2 Å². The molecule has 1 aromatic carbocycles. The van der Waals surface area contributed by atoms with Crippen LogP contribution < -0.4 is 0 Å². The number of esters is 1. The van der Waals surface area contributed by atoms with E-state index in [9.17, 15) is 27.2 Å². The van der Waals surface area contributed by atoms with Crippen molar-refractivity contribution in [3.05, 3.63) is 34.9 Å². The lowest BCUT2D eigenvalue weighted by Crippen LogP contribution is -2.32. The number of hydrogen-bond acceptors (Lipinski definition) is 3. The van der Waals surface area contributed by atoms with Gasteiger partial charge in [0.15, 0.2) is 23.3 Å². The van der Waals surface area contributed by atoms with Crippen LogP contribution in [-0.2, 0) is 9.53 Å². The maximum atomic E-state index is 13.5. The molecule has 1 amide bonds. The summed E-state index contributed by atoms with van der Waals surface area (Å²) in [5, 5.41) is 0. The highest BCUT2D eigenvalue weighted by atomic mass is 19.2. The molecule has 0 radical (unpaired) electrons. The Kier molecular flexibility index (Phi) is 4.15. The third-order valence-electron chi connectivity index (χ3n) is 3.34. The van der Waals surface area contributed by atoms with Gasteiger partial charge in [0.1, 0.15) is 5.56 Å². The van der Waals surface area contributed by atoms with Crippen molar-refractivity contribution in [2.24, 2.45) is 5.92 Å². The molecular weight excluding hydrogens is 294 g/mol. The molecule has 0 bridgehead atoms. The molecule has 8 heteroatoms. The fourth-order valence-electron chi connectivity index (χ4n) is 2.22. The van der Waals surface area contributed by atoms with Crippen LogP contribution in [0.3, 0.4) is 0 Å². The van der Waals surface area contributed by atoms with Gasteiger partial charge < -0.3 is 9.64 Å². The van der Waals surface area contributed by atoms with Crippen molar-refractivity contribution in [3.63, 3.8) is 0 Å². The normalized spacial score (nSPS) is 18.0. The zero-order valence-corrected chi connectivity index (χ0v) is 11.0. The molecule has 21 heavy (non-hydrogen) atoms. The van der Waals surface area contributed by atoms with Crippen LogP contribution in [0.25, 0.3) is 0 Å². The summed E-state index contributed by atoms with van der Waals surface area (Å²) >= 11 is 0. The number of likely N-dealkylation sites (tertiary alicyclic amines) is 1. The third kappa shape index (κ3) is 2.70. The van der Waals surface area contributed by atoms with Gasteiger partial charge in [0.2, 0.25) is 0 Å². The molecule has 0 N–H and O–H groups in total. The minimum absolute atomic E-state index is 0.0304. The number of ether oxygens (including phenoxy) is 1. The lowest BCUT2D eigenvalue weighted by molar-refractivity contribution is -0.144. The van der Waals surface area contributed by atoms with E-state index < -0.39 is 46.6 Å². The number of rotatable bonds is 2. The average Bonchev–Trinajstić information content (AvgIpc) is 2.94. The Morgan fingerprint density at radius 3 is 2.29 bits per heavy atom. The molecule has 2 rings (SSSR count). The Labute approximate surface area is 117 Å². The van der Waals surface area contributed by atoms with Gasteiger partial charge in [-0.1, -0.05) is 0 Å². The van der Waals surface area contributed by atoms with Crippen LogP contribution >= 0.6 is 0 Å². The average molecular weight is 305 g/mol. The van der Waals surface area contributed by atoms with E-state index in [1.54, 1.807) is 0 Å². The third-order valence-corrected chi connectivity index (χ3v) is 3.34. The molecule has 0 saturated carbocycles. The van der Waals surface area contributed by atoms with Crippen LogP contribution in [0.5, 0.6) is 0 Å². The van der Waals surface area contributed by atoms with Gasteiger partial charge in [-0.25, -0.2) is 17.6 Å². The van der Waals surface area contributed by atoms with Crippen molar-refractivity contribution in [2.75, 3.05) is 20.2 Å². The molecule has 0 aliphatic carbocycles. The second-order valence-electron chi connectivity index (χ2n) is 4.60. The Morgan fingerprint density at radius 2 is 1.76 bits per heavy atom. The standard InChI is InChI=1S/C13H11F4NO3/c1-21-13(20)6-2-3-18(5-6)12(19)9-10(16)7(14)4-8(15)11(9)17/h4,6H,2-3,5H2,1H3. The van der Waals surface area contributed by atoms with Crippen LogP contribution in [0.1, 0.15) is 16.8 Å². The number of halogens is 4. The first-order valence-corrected chi connectivity index (χ1v) is 6.07. The number of benzene rings is 1. The van der Waals surface area contributed by atoms with E-state index in [4.69, 9.17) is 0 Å². The Balaban J connectivity index is 2.28. The lowest BCUT2D eigenvalue weighted by Gasteiger charge is -2.17. The fourth-order valence-corrected chi connectivity index (χ4v) is 2.22. The summed E-state index contributed by atoms with van der Waals surface area (Å²) in [5.41, 5.74) is -1.29. The van der Waals surface area contributed by atoms with Gasteiger partial charge in [-0.05, 0) is 6.42 Å². The van der Waals surface area contributed by atoms with E-state index in [-0.39, 0.29) is 25.6 Å². The molecule has 1 aliphatic heterocycles. The molecule has 4 nitrogen and oxygen atoms in total. The van der Waals surface area contributed by atoms with E-state index >= 15 is 0 Å². The summed E-state index contributed by atoms with van der Waals surface area (Å²) in [6, 6.07) is 0.0304. The van der Waals surface area contributed by atoms with E-state index in [0.29, 0.717) is 0 Å². The highest BCUT2D eigenvalue weighted by Gasteiger charge is 2.35. The zero-order valence-electron chi connectivity index (χ0n) is 11.0. The molecule has 0 aromatic heterocycles. The summed E-state index contributed by atoms with van der Waals surface area (Å²) in [4.78, 5) is 24.3. The van der Waals surface area contributed by atoms with Gasteiger partial charge in [0.05, 0.1) is 13.0 Å². The largest absolute Gasteiger partial charge is 0.469 e. The number of nitrogens with zero attached hydrogens (tertiary/aromatic N) is 1. The van der Waals surface area contributed by atoms with Crippen molar-refractivity contribution in [3.8, 4) is 0 Å². The summed E-state index contributed by atoms with van der Waals surface area (Å²) in [7, 11) is 1.17. The predicted molar refractivity (Wildman–Crippen MR) is 62.3 cm³/mol. The highest BCUT2D eigenvalue weighted by molar-refractivity contribution is 5.95. The van der Waals surface area contributed by atoms with Gasteiger partial charge in [-0.2, -0.15) is 0 Å². The first-order chi connectivity index (χ1) is 9.86. The molecular formula is C13H11F4NO3. The van der Waals surface area contributed by atoms with E-state index in [2.05, 4.69) is 4.74 Å². The number of carbonyl (C=O) groups is 2. The summed E-state index contributed by atoms with van der Waals surface area (Å²) in [6.45, 7) is -0.0852. The maximum absolute atomic E-state index is 13.5. The van der Waals surface area contributed by atoms with Crippen LogP contribution in [-0.4, -0.2) is 37.0 Å². The van der Waals surface area contributed by atoms with E-state index in [0.717, 1.165) is 4.90 Å². The van der Waals surface area contributed by atoms with Crippen molar-refractivity contribution >= 4 is 11.9 Å². The molecule has 114 valence electrons. The van der Waals surface area contributed by atoms with Crippen LogP contribution in [0.2, 0.25) is 0 Å². The highest BCUT2D eigenvalue weighted by Crippen LogP contribution is 2.24. The van der Waals surface area contributed by atoms with Crippen molar-refractivity contribution in [1.82, 2.24) is 4.90 Å². The van der Waals surface area contributed by atoms with Gasteiger partial charge in [-0.15, -0.1) is 0 Å². The summed E-state index contributed by atoms with van der Waals surface area (Å²) in [5.74, 6) is -9.18. The Morgan fingerprint density at radius 1 is 1.19 bits per heavy atom. The SMILES string of the molecule is COC(=O)C1CCN(C(=O)c2c(F)c(F)cc(F)c2F)C1. The molecule has 1 atom stereocenters. The molecule has 0 spiro atoms. The van der Waals surface area contributed by atoms with Gasteiger partial charge in [-0.3, -0.25) is 9.59 Å². The maximum Gasteiger partial charge on any atom is 0.310 e. The summed E-state index contributed by atoms with van der Waals surface area (Å²) in [6.07, 6.45) is 0.249. The zero-order chi connectivity index (χ0) is 15.7. The minimum atomic E-state index is -1.75. The van der Waals surface area contributed by atoms with Gasteiger partial charge in [0.25, 0.3) is 5.91 Å². The molecule has 1 aliphatic rings. The van der Waals surface area contributed by atoms with Gasteiger partial charge >= 0.3 is 5.97 Å². The Bertz CT molecular complexity index is 579. The first kappa shape index (κ1) is 15.3. The van der Waals surface area contributed by atoms with Crippen LogP contribution in [0.4, 0.5) is 17.6 Å². The number of carbonyl (C=O) groups excluding carboxylic acids is 2. The smallest absolute Gasteiger partial charge is 0.310 e. The monoisotopic (exact) mass is 305 g/mol. The number of hydrogen-bond donors (Lipinski definition) is 0.